The normalized spacial score (nSPS) is 12.0. The van der Waals surface area contributed by atoms with Crippen LogP contribution in [0.1, 0.15) is 43.7 Å². The zero-order chi connectivity index (χ0) is 19.2. The van der Waals surface area contributed by atoms with Gasteiger partial charge in [0.05, 0.1) is 23.7 Å². The number of hydrogen-bond acceptors (Lipinski definition) is 5. The number of nitrogens with one attached hydrogen (secondary N) is 2. The van der Waals surface area contributed by atoms with Crippen LogP contribution in [0, 0.1) is 0 Å². The molecule has 1 aromatic heterocycles. The molecule has 150 valence electrons. The van der Waals surface area contributed by atoms with Gasteiger partial charge in [-0.05, 0) is 30.5 Å². The number of aliphatic imine (C=N–C) groups is 1. The third-order valence-electron chi connectivity index (χ3n) is 3.59. The zero-order valence-electron chi connectivity index (χ0n) is 15.6. The van der Waals surface area contributed by atoms with E-state index in [9.17, 15) is 8.42 Å². The molecule has 10 heteroatoms. The lowest BCUT2D eigenvalue weighted by molar-refractivity contribution is 0.372. The molecule has 4 N–H and O–H groups in total. The van der Waals surface area contributed by atoms with Gasteiger partial charge in [0.1, 0.15) is 0 Å². The maximum absolute atomic E-state index is 11.4. The van der Waals surface area contributed by atoms with Gasteiger partial charge in [0.15, 0.2) is 11.7 Å². The molecule has 0 saturated carbocycles. The summed E-state index contributed by atoms with van der Waals surface area (Å²) in [5.41, 5.74) is 1.65. The molecule has 0 aliphatic heterocycles. The van der Waals surface area contributed by atoms with Gasteiger partial charge in [-0.15, -0.1) is 24.0 Å². The molecule has 0 aliphatic rings. The van der Waals surface area contributed by atoms with Crippen molar-refractivity contribution in [1.29, 1.82) is 0 Å². The van der Waals surface area contributed by atoms with Crippen molar-refractivity contribution >= 4 is 40.0 Å². The molecule has 0 atom stereocenters. The molecule has 8 nitrogen and oxygen atoms in total. The molecule has 0 spiro atoms. The molecule has 27 heavy (non-hydrogen) atoms. The van der Waals surface area contributed by atoms with Crippen molar-refractivity contribution < 1.29 is 12.9 Å². The van der Waals surface area contributed by atoms with Crippen LogP contribution in [-0.4, -0.2) is 26.1 Å². The monoisotopic (exact) mass is 507 g/mol. The molecule has 2 aromatic rings. The number of sulfonamides is 1. The van der Waals surface area contributed by atoms with Crippen molar-refractivity contribution in [3.63, 3.8) is 0 Å². The van der Waals surface area contributed by atoms with Crippen LogP contribution in [0.25, 0.3) is 0 Å². The van der Waals surface area contributed by atoms with E-state index in [4.69, 9.17) is 9.66 Å². The second kappa shape index (κ2) is 10.6. The van der Waals surface area contributed by atoms with Crippen molar-refractivity contribution in [1.82, 2.24) is 15.8 Å². The minimum Gasteiger partial charge on any atom is -0.359 e. The first kappa shape index (κ1) is 23.4. The number of aromatic nitrogens is 1. The van der Waals surface area contributed by atoms with Crippen molar-refractivity contribution in [3.05, 3.63) is 47.3 Å². The number of nitrogens with zero attached hydrogens (tertiary/aromatic N) is 2. The Morgan fingerprint density at radius 1 is 1.30 bits per heavy atom. The number of halogens is 1. The van der Waals surface area contributed by atoms with E-state index < -0.39 is 10.0 Å². The van der Waals surface area contributed by atoms with Crippen molar-refractivity contribution in [3.8, 4) is 0 Å². The van der Waals surface area contributed by atoms with Crippen LogP contribution in [0.15, 0.2) is 44.7 Å². The Hall–Kier alpha value is -1.66. The second-order valence-corrected chi connectivity index (χ2v) is 7.68. The van der Waals surface area contributed by atoms with Gasteiger partial charge < -0.3 is 15.2 Å². The highest BCUT2D eigenvalue weighted by Gasteiger charge is 2.09. The standard InChI is InChI=1S/C17H25N5O3S.HI/c1-4-19-17(21-11-14-9-16(12(2)3)22-25-14)20-10-13-6-5-7-15(8-13)26(18,23)24;/h5-9,12H,4,10-11H2,1-3H3,(H2,18,23,24)(H2,19,20,21);1H. The topological polar surface area (TPSA) is 123 Å². The first-order chi connectivity index (χ1) is 12.3. The van der Waals surface area contributed by atoms with Crippen LogP contribution in [0.3, 0.4) is 0 Å². The molecular weight excluding hydrogens is 481 g/mol. The van der Waals surface area contributed by atoms with E-state index in [1.54, 1.807) is 12.1 Å². The van der Waals surface area contributed by atoms with Gasteiger partial charge in [0.25, 0.3) is 0 Å². The van der Waals surface area contributed by atoms with E-state index in [2.05, 4.69) is 34.6 Å². The minimum atomic E-state index is -3.72. The second-order valence-electron chi connectivity index (χ2n) is 6.11. The van der Waals surface area contributed by atoms with E-state index >= 15 is 0 Å². The predicted molar refractivity (Wildman–Crippen MR) is 115 cm³/mol. The zero-order valence-corrected chi connectivity index (χ0v) is 18.7. The maximum atomic E-state index is 11.4. The van der Waals surface area contributed by atoms with Gasteiger partial charge >= 0.3 is 0 Å². The number of hydrogen-bond donors (Lipinski definition) is 3. The molecule has 0 unspecified atom stereocenters. The van der Waals surface area contributed by atoms with Gasteiger partial charge in [0.2, 0.25) is 10.0 Å². The Morgan fingerprint density at radius 2 is 2.04 bits per heavy atom. The fourth-order valence-electron chi connectivity index (χ4n) is 2.19. The Balaban J connectivity index is 0.00000364. The Bertz CT molecular complexity index is 865. The highest BCUT2D eigenvalue weighted by molar-refractivity contribution is 14.0. The smallest absolute Gasteiger partial charge is 0.238 e. The number of nitrogens with two attached hydrogens (primary N) is 1. The lowest BCUT2D eigenvalue weighted by Gasteiger charge is -2.10. The van der Waals surface area contributed by atoms with Gasteiger partial charge in [-0.25, -0.2) is 18.5 Å². The molecular formula is C17H26IN5O3S. The SMILES string of the molecule is CCNC(=NCc1cccc(S(N)(=O)=O)c1)NCc1cc(C(C)C)no1.I. The predicted octanol–water partition coefficient (Wildman–Crippen LogP) is 2.32. The molecule has 2 rings (SSSR count). The number of primary sulfonamides is 1. The van der Waals surface area contributed by atoms with Crippen molar-refractivity contribution in [2.45, 2.75) is 44.7 Å². The molecule has 0 aliphatic carbocycles. The summed E-state index contributed by atoms with van der Waals surface area (Å²) >= 11 is 0. The molecule has 1 aromatic carbocycles. The van der Waals surface area contributed by atoms with Crippen LogP contribution in [0.2, 0.25) is 0 Å². The highest BCUT2D eigenvalue weighted by atomic mass is 127. The lowest BCUT2D eigenvalue weighted by Crippen LogP contribution is -2.36. The Morgan fingerprint density at radius 3 is 2.63 bits per heavy atom. The van der Waals surface area contributed by atoms with Crippen LogP contribution >= 0.6 is 24.0 Å². The fraction of sp³-hybridized carbons (Fsp3) is 0.412. The highest BCUT2D eigenvalue weighted by Crippen LogP contribution is 2.14. The van der Waals surface area contributed by atoms with Crippen LogP contribution in [0.5, 0.6) is 0 Å². The van der Waals surface area contributed by atoms with Gasteiger partial charge in [0, 0.05) is 12.6 Å². The average Bonchev–Trinajstić information content (AvgIpc) is 3.06. The van der Waals surface area contributed by atoms with Gasteiger partial charge in [-0.1, -0.05) is 31.1 Å². The summed E-state index contributed by atoms with van der Waals surface area (Å²) in [5.74, 6) is 1.62. The first-order valence-electron chi connectivity index (χ1n) is 8.39. The molecule has 0 saturated heterocycles. The third kappa shape index (κ3) is 7.46. The average molecular weight is 507 g/mol. The number of guanidine groups is 1. The number of rotatable bonds is 7. The summed E-state index contributed by atoms with van der Waals surface area (Å²) in [4.78, 5) is 4.54. The van der Waals surface area contributed by atoms with E-state index in [0.717, 1.165) is 17.0 Å². The Labute approximate surface area is 177 Å². The lowest BCUT2D eigenvalue weighted by atomic mass is 10.1. The summed E-state index contributed by atoms with van der Waals surface area (Å²) in [6, 6.07) is 8.34. The quantitative estimate of drug-likeness (QED) is 0.301. The summed E-state index contributed by atoms with van der Waals surface area (Å²) in [5, 5.41) is 15.5. The van der Waals surface area contributed by atoms with E-state index in [1.807, 2.05) is 13.0 Å². The molecule has 1 heterocycles. The molecule has 0 amide bonds. The van der Waals surface area contributed by atoms with Crippen molar-refractivity contribution in [2.75, 3.05) is 6.54 Å². The van der Waals surface area contributed by atoms with Gasteiger partial charge in [-0.3, -0.25) is 0 Å². The molecule has 0 fully saturated rings. The minimum absolute atomic E-state index is 0. The summed E-state index contributed by atoms with van der Waals surface area (Å²) < 4.78 is 28.2. The van der Waals surface area contributed by atoms with Crippen LogP contribution in [0.4, 0.5) is 0 Å². The third-order valence-corrected chi connectivity index (χ3v) is 4.50. The summed E-state index contributed by atoms with van der Waals surface area (Å²) in [6.07, 6.45) is 0. The molecule has 0 radical (unpaired) electrons. The van der Waals surface area contributed by atoms with Crippen LogP contribution < -0.4 is 15.8 Å². The van der Waals surface area contributed by atoms with Crippen LogP contribution in [-0.2, 0) is 23.1 Å². The summed E-state index contributed by atoms with van der Waals surface area (Å²) in [7, 11) is -3.72. The number of benzene rings is 1. The van der Waals surface area contributed by atoms with E-state index in [0.29, 0.717) is 31.5 Å². The fourth-order valence-corrected chi connectivity index (χ4v) is 2.77. The molecule has 0 bridgehead atoms. The maximum Gasteiger partial charge on any atom is 0.238 e. The summed E-state index contributed by atoms with van der Waals surface area (Å²) in [6.45, 7) is 7.52. The van der Waals surface area contributed by atoms with E-state index in [-0.39, 0.29) is 28.9 Å². The van der Waals surface area contributed by atoms with Crippen molar-refractivity contribution in [2.24, 2.45) is 10.1 Å². The Kier molecular flexibility index (Phi) is 9.19. The van der Waals surface area contributed by atoms with E-state index in [1.165, 1.54) is 12.1 Å². The first-order valence-corrected chi connectivity index (χ1v) is 9.93. The largest absolute Gasteiger partial charge is 0.359 e. The van der Waals surface area contributed by atoms with Gasteiger partial charge in [-0.2, -0.15) is 0 Å².